The van der Waals surface area contributed by atoms with E-state index >= 15 is 0 Å². The number of likely N-dealkylation sites (tertiary alicyclic amines) is 1. The number of hydrogen-bond donors (Lipinski definition) is 0. The molecule has 1 atom stereocenters. The van der Waals surface area contributed by atoms with Crippen molar-refractivity contribution in [1.29, 1.82) is 0 Å². The van der Waals surface area contributed by atoms with Gasteiger partial charge in [-0.15, -0.1) is 21.5 Å². The number of thiazole rings is 1. The van der Waals surface area contributed by atoms with E-state index in [1.54, 1.807) is 11.3 Å². The monoisotopic (exact) mass is 458 g/mol. The van der Waals surface area contributed by atoms with Gasteiger partial charge in [0.2, 0.25) is 0 Å². The summed E-state index contributed by atoms with van der Waals surface area (Å²) in [4.78, 5) is 24.2. The molecule has 1 saturated heterocycles. The van der Waals surface area contributed by atoms with Gasteiger partial charge in [0.15, 0.2) is 5.13 Å². The highest BCUT2D eigenvalue weighted by Crippen LogP contribution is 2.36. The Balaban J connectivity index is 1.33. The van der Waals surface area contributed by atoms with E-state index in [1.807, 2.05) is 11.0 Å². The highest BCUT2D eigenvalue weighted by atomic mass is 32.1. The van der Waals surface area contributed by atoms with E-state index in [9.17, 15) is 4.79 Å². The molecule has 0 bridgehead atoms. The predicted octanol–water partition coefficient (Wildman–Crippen LogP) is 4.54. The Bertz CT molecular complexity index is 1030. The van der Waals surface area contributed by atoms with Crippen LogP contribution >= 0.6 is 22.7 Å². The summed E-state index contributed by atoms with van der Waals surface area (Å²) < 4.78 is 3.46. The predicted molar refractivity (Wildman–Crippen MR) is 127 cm³/mol. The van der Waals surface area contributed by atoms with Crippen molar-refractivity contribution in [2.24, 2.45) is 0 Å². The molecule has 3 aromatic heterocycles. The first kappa shape index (κ1) is 20.9. The van der Waals surface area contributed by atoms with Crippen LogP contribution in [0.3, 0.4) is 0 Å². The Morgan fingerprint density at radius 2 is 2.00 bits per heavy atom. The number of anilines is 1. The summed E-state index contributed by atoms with van der Waals surface area (Å²) in [6.45, 7) is 8.77. The molecule has 0 saturated carbocycles. The van der Waals surface area contributed by atoms with Crippen LogP contribution in [0.15, 0.2) is 6.07 Å². The summed E-state index contributed by atoms with van der Waals surface area (Å²) in [5, 5.41) is 10.1. The first-order chi connectivity index (χ1) is 15.2. The normalized spacial score (nSPS) is 19.4. The van der Waals surface area contributed by atoms with Gasteiger partial charge in [-0.1, -0.05) is 17.8 Å². The van der Waals surface area contributed by atoms with Crippen LogP contribution in [0.25, 0.3) is 9.53 Å². The fourth-order valence-corrected chi connectivity index (χ4v) is 7.10. The molecule has 0 spiro atoms. The zero-order chi connectivity index (χ0) is 21.4. The average molecular weight is 459 g/mol. The average Bonchev–Trinajstić information content (AvgIpc) is 3.43. The summed E-state index contributed by atoms with van der Waals surface area (Å²) in [6, 6.07) is 2.04. The molecule has 0 N–H and O–H groups in total. The number of fused-ring (bicyclic) bond motifs is 2. The number of amides is 1. The smallest absolute Gasteiger partial charge is 0.264 e. The summed E-state index contributed by atoms with van der Waals surface area (Å²) in [5.41, 5.74) is 0. The molecule has 0 radical (unpaired) electrons. The second kappa shape index (κ2) is 8.86. The lowest BCUT2D eigenvalue weighted by molar-refractivity contribution is 0.0708. The van der Waals surface area contributed by atoms with E-state index in [4.69, 9.17) is 4.98 Å². The third kappa shape index (κ3) is 3.98. The number of thiophene rings is 1. The first-order valence-corrected chi connectivity index (χ1v) is 13.2. The van der Waals surface area contributed by atoms with Crippen LogP contribution in [0.1, 0.15) is 73.2 Å². The summed E-state index contributed by atoms with van der Waals surface area (Å²) in [7, 11) is 0. The Morgan fingerprint density at radius 3 is 2.81 bits per heavy atom. The van der Waals surface area contributed by atoms with Crippen molar-refractivity contribution >= 4 is 43.2 Å². The summed E-state index contributed by atoms with van der Waals surface area (Å²) in [5.74, 6) is 2.64. The summed E-state index contributed by atoms with van der Waals surface area (Å²) in [6.07, 6.45) is 6.78. The van der Waals surface area contributed by atoms with Gasteiger partial charge in [-0.05, 0) is 45.6 Å². The van der Waals surface area contributed by atoms with E-state index in [-0.39, 0.29) is 11.8 Å². The first-order valence-electron chi connectivity index (χ1n) is 11.5. The van der Waals surface area contributed by atoms with Crippen LogP contribution in [-0.2, 0) is 13.0 Å². The van der Waals surface area contributed by atoms with Crippen molar-refractivity contribution in [3.63, 3.8) is 0 Å². The standard InChI is InChI=1S/C22H30N6OS2/c1-3-26(4-2)22-23-20-16(31-22)13-17(30-20)21(29)27-11-8-9-15(14-27)19-25-24-18-10-6-5-7-12-28(18)19/h13,15H,3-12,14H2,1-2H3. The van der Waals surface area contributed by atoms with E-state index in [0.717, 1.165) is 83.2 Å². The minimum absolute atomic E-state index is 0.139. The van der Waals surface area contributed by atoms with Crippen LogP contribution < -0.4 is 4.90 Å². The number of aromatic nitrogens is 4. The molecule has 1 unspecified atom stereocenters. The molecule has 5 rings (SSSR count). The molecule has 2 aliphatic heterocycles. The minimum Gasteiger partial charge on any atom is -0.349 e. The third-order valence-corrected chi connectivity index (χ3v) is 8.74. The number of aryl methyl sites for hydroxylation is 1. The molecule has 2 aliphatic rings. The molecule has 7 nitrogen and oxygen atoms in total. The maximum Gasteiger partial charge on any atom is 0.264 e. The number of piperidine rings is 1. The van der Waals surface area contributed by atoms with Gasteiger partial charge >= 0.3 is 0 Å². The Hall–Kier alpha value is -2.00. The van der Waals surface area contributed by atoms with Crippen molar-refractivity contribution in [2.45, 2.75) is 64.8 Å². The lowest BCUT2D eigenvalue weighted by Gasteiger charge is -2.32. The third-order valence-electron chi connectivity index (χ3n) is 6.53. The quantitative estimate of drug-likeness (QED) is 0.561. The van der Waals surface area contributed by atoms with E-state index < -0.39 is 0 Å². The van der Waals surface area contributed by atoms with Crippen LogP contribution in [-0.4, -0.2) is 56.7 Å². The lowest BCUT2D eigenvalue weighted by Crippen LogP contribution is -2.39. The molecule has 9 heteroatoms. The number of rotatable bonds is 5. The molecule has 3 aromatic rings. The number of carbonyl (C=O) groups excluding carboxylic acids is 1. The van der Waals surface area contributed by atoms with Gasteiger partial charge in [0, 0.05) is 45.1 Å². The molecular weight excluding hydrogens is 428 g/mol. The number of carbonyl (C=O) groups is 1. The Morgan fingerprint density at radius 1 is 1.13 bits per heavy atom. The van der Waals surface area contributed by atoms with Crippen LogP contribution in [0, 0.1) is 0 Å². The van der Waals surface area contributed by atoms with Crippen molar-refractivity contribution in [2.75, 3.05) is 31.1 Å². The van der Waals surface area contributed by atoms with Crippen LogP contribution in [0.4, 0.5) is 5.13 Å². The van der Waals surface area contributed by atoms with Crippen molar-refractivity contribution in [3.05, 3.63) is 22.6 Å². The van der Waals surface area contributed by atoms with E-state index in [2.05, 4.69) is 33.5 Å². The SMILES string of the molecule is CCN(CC)c1nc2sc(C(=O)N3CCCC(c4nnc5n4CCCCC5)C3)cc2s1. The zero-order valence-corrected chi connectivity index (χ0v) is 20.0. The highest BCUT2D eigenvalue weighted by Gasteiger charge is 2.30. The maximum atomic E-state index is 13.3. The van der Waals surface area contributed by atoms with Gasteiger partial charge in [0.05, 0.1) is 9.58 Å². The van der Waals surface area contributed by atoms with Crippen molar-refractivity contribution in [1.82, 2.24) is 24.6 Å². The fraction of sp³-hybridized carbons (Fsp3) is 0.636. The molecular formula is C22H30N6OS2. The zero-order valence-electron chi connectivity index (χ0n) is 18.3. The molecule has 166 valence electrons. The van der Waals surface area contributed by atoms with E-state index in [1.165, 1.54) is 30.6 Å². The van der Waals surface area contributed by atoms with Gasteiger partial charge in [-0.25, -0.2) is 4.98 Å². The molecule has 0 aromatic carbocycles. The maximum absolute atomic E-state index is 13.3. The van der Waals surface area contributed by atoms with Gasteiger partial charge in [0.25, 0.3) is 5.91 Å². The minimum atomic E-state index is 0.139. The molecule has 5 heterocycles. The topological polar surface area (TPSA) is 67.2 Å². The van der Waals surface area contributed by atoms with Crippen LogP contribution in [0.2, 0.25) is 0 Å². The second-order valence-corrected chi connectivity index (χ2v) is 10.5. The van der Waals surface area contributed by atoms with Gasteiger partial charge < -0.3 is 14.4 Å². The fourth-order valence-electron chi connectivity index (χ4n) is 4.80. The van der Waals surface area contributed by atoms with Crippen molar-refractivity contribution in [3.8, 4) is 0 Å². The van der Waals surface area contributed by atoms with Gasteiger partial charge in [0.1, 0.15) is 16.5 Å². The summed E-state index contributed by atoms with van der Waals surface area (Å²) >= 11 is 3.22. The van der Waals surface area contributed by atoms with Gasteiger partial charge in [-0.2, -0.15) is 0 Å². The lowest BCUT2D eigenvalue weighted by atomic mass is 9.97. The molecule has 0 aliphatic carbocycles. The number of hydrogen-bond acceptors (Lipinski definition) is 7. The molecule has 1 fully saturated rings. The molecule has 1 amide bonds. The van der Waals surface area contributed by atoms with Crippen molar-refractivity contribution < 1.29 is 4.79 Å². The molecule has 31 heavy (non-hydrogen) atoms. The van der Waals surface area contributed by atoms with Crippen LogP contribution in [0.5, 0.6) is 0 Å². The Labute approximate surface area is 191 Å². The van der Waals surface area contributed by atoms with Gasteiger partial charge in [-0.3, -0.25) is 4.79 Å². The Kier molecular flexibility index (Phi) is 5.97. The van der Waals surface area contributed by atoms with E-state index in [0.29, 0.717) is 0 Å². The largest absolute Gasteiger partial charge is 0.349 e. The second-order valence-electron chi connectivity index (χ2n) is 8.48. The number of nitrogens with zero attached hydrogens (tertiary/aromatic N) is 6. The highest BCUT2D eigenvalue weighted by molar-refractivity contribution is 7.29.